The van der Waals surface area contributed by atoms with Crippen molar-refractivity contribution in [3.05, 3.63) is 0 Å². The normalized spacial score (nSPS) is 14.1. The molecule has 0 bridgehead atoms. The monoisotopic (exact) mass is 264 g/mol. The first-order valence-corrected chi connectivity index (χ1v) is 6.99. The summed E-state index contributed by atoms with van der Waals surface area (Å²) in [7, 11) is -0.932. The fraction of sp³-hybridized carbons (Fsp3) is 0.800. The van der Waals surface area contributed by atoms with Gasteiger partial charge in [0.15, 0.2) is 0 Å². The average Bonchev–Trinajstić information content (AvgIpc) is 2.24. The number of hydrogen-bond donors (Lipinski definition) is 3. The number of hydrogen-bond acceptors (Lipinski definition) is 3. The molecule has 0 saturated carbocycles. The molecule has 0 aliphatic carbocycles. The summed E-state index contributed by atoms with van der Waals surface area (Å²) < 4.78 is 11.1. The maximum atomic E-state index is 11.3. The number of aliphatic carboxylic acids is 1. The van der Waals surface area contributed by atoms with Crippen LogP contribution in [0.1, 0.15) is 20.8 Å². The van der Waals surface area contributed by atoms with E-state index in [1.165, 1.54) is 0 Å². The summed E-state index contributed by atoms with van der Waals surface area (Å²) in [4.78, 5) is 22.2. The Hall–Kier alpha value is -1.11. The quantitative estimate of drug-likeness (QED) is 0.610. The largest absolute Gasteiger partial charge is 0.480 e. The molecule has 0 fully saturated rings. The number of carboxylic acid groups (broad SMARTS) is 1. The summed E-state index contributed by atoms with van der Waals surface area (Å²) in [6.07, 6.45) is 0. The molecule has 0 aliphatic heterocycles. The fourth-order valence-corrected chi connectivity index (χ4v) is 1.75. The van der Waals surface area contributed by atoms with Crippen molar-refractivity contribution in [3.63, 3.8) is 0 Å². The third kappa shape index (κ3) is 6.93. The molecule has 2 unspecified atom stereocenters. The maximum Gasteiger partial charge on any atom is 0.326 e. The first-order valence-electron chi connectivity index (χ1n) is 5.50. The van der Waals surface area contributed by atoms with Gasteiger partial charge in [-0.3, -0.25) is 4.21 Å². The summed E-state index contributed by atoms with van der Waals surface area (Å²) >= 11 is 0. The highest BCUT2D eigenvalue weighted by Gasteiger charge is 2.22. The van der Waals surface area contributed by atoms with Crippen molar-refractivity contribution in [1.29, 1.82) is 0 Å². The van der Waals surface area contributed by atoms with Gasteiger partial charge in [0.05, 0.1) is 0 Å². The molecule has 2 atom stereocenters. The number of nitrogens with one attached hydrogen (secondary N) is 2. The molecule has 0 aromatic rings. The highest BCUT2D eigenvalue weighted by molar-refractivity contribution is 7.84. The maximum absolute atomic E-state index is 11.3. The topological polar surface area (TPSA) is 95.5 Å². The minimum absolute atomic E-state index is 0.192. The molecule has 0 rings (SSSR count). The van der Waals surface area contributed by atoms with Crippen LogP contribution in [-0.4, -0.2) is 45.4 Å². The predicted molar refractivity (Wildman–Crippen MR) is 66.3 cm³/mol. The molecule has 0 heterocycles. The van der Waals surface area contributed by atoms with Crippen molar-refractivity contribution in [3.8, 4) is 0 Å². The molecule has 17 heavy (non-hydrogen) atoms. The van der Waals surface area contributed by atoms with Crippen LogP contribution < -0.4 is 10.6 Å². The van der Waals surface area contributed by atoms with Crippen molar-refractivity contribution in [2.24, 2.45) is 5.92 Å². The van der Waals surface area contributed by atoms with E-state index >= 15 is 0 Å². The first kappa shape index (κ1) is 15.9. The van der Waals surface area contributed by atoms with Crippen LogP contribution in [0.2, 0.25) is 0 Å². The lowest BCUT2D eigenvalue weighted by molar-refractivity contribution is -0.140. The zero-order chi connectivity index (χ0) is 13.4. The Morgan fingerprint density at radius 2 is 1.94 bits per heavy atom. The fourth-order valence-electron chi connectivity index (χ4n) is 1.13. The highest BCUT2D eigenvalue weighted by Crippen LogP contribution is 2.00. The summed E-state index contributed by atoms with van der Waals surface area (Å²) in [6, 6.07) is -1.45. The molecule has 0 saturated heterocycles. The Labute approximate surface area is 104 Å². The van der Waals surface area contributed by atoms with E-state index in [-0.39, 0.29) is 12.5 Å². The smallest absolute Gasteiger partial charge is 0.326 e. The van der Waals surface area contributed by atoms with Crippen LogP contribution in [0.4, 0.5) is 4.79 Å². The standard InChI is InChI=1S/C10H20N2O4S/c1-4-17(16)6-5-11-10(15)12-8(7(2)3)9(13)14/h7-8H,4-6H2,1-3H3,(H,13,14)(H2,11,12,15). The second kappa shape index (κ2) is 8.05. The van der Waals surface area contributed by atoms with E-state index in [4.69, 9.17) is 5.11 Å². The molecule has 0 aromatic carbocycles. The predicted octanol–water partition coefficient (Wildman–Crippen LogP) is 0.163. The molecular weight excluding hydrogens is 244 g/mol. The molecule has 6 nitrogen and oxygen atoms in total. The van der Waals surface area contributed by atoms with Crippen molar-refractivity contribution in [2.45, 2.75) is 26.8 Å². The second-order valence-corrected chi connectivity index (χ2v) is 5.76. The van der Waals surface area contributed by atoms with Crippen LogP contribution in [0.3, 0.4) is 0 Å². The summed E-state index contributed by atoms with van der Waals surface area (Å²) in [5, 5.41) is 13.7. The van der Waals surface area contributed by atoms with Gasteiger partial charge in [0.1, 0.15) is 6.04 Å². The lowest BCUT2D eigenvalue weighted by atomic mass is 10.1. The van der Waals surface area contributed by atoms with Gasteiger partial charge >= 0.3 is 12.0 Å². The zero-order valence-corrected chi connectivity index (χ0v) is 11.2. The summed E-state index contributed by atoms with van der Waals surface area (Å²) in [6.45, 7) is 5.50. The van der Waals surface area contributed by atoms with Crippen LogP contribution in [0, 0.1) is 5.92 Å². The van der Waals surface area contributed by atoms with Gasteiger partial charge in [-0.15, -0.1) is 0 Å². The SMILES string of the molecule is CCS(=O)CCNC(=O)NC(C(=O)O)C(C)C. The second-order valence-electron chi connectivity index (χ2n) is 3.89. The average molecular weight is 264 g/mol. The summed E-state index contributed by atoms with van der Waals surface area (Å²) in [5.74, 6) is -0.327. The van der Waals surface area contributed by atoms with Crippen molar-refractivity contribution < 1.29 is 18.9 Å². The van der Waals surface area contributed by atoms with E-state index in [2.05, 4.69) is 10.6 Å². The molecule has 3 N–H and O–H groups in total. The number of carboxylic acids is 1. The Balaban J connectivity index is 3.99. The van der Waals surface area contributed by atoms with Crippen LogP contribution in [0.25, 0.3) is 0 Å². The van der Waals surface area contributed by atoms with E-state index in [9.17, 15) is 13.8 Å². The van der Waals surface area contributed by atoms with Crippen LogP contribution >= 0.6 is 0 Å². The van der Waals surface area contributed by atoms with E-state index in [1.54, 1.807) is 20.8 Å². The van der Waals surface area contributed by atoms with Gasteiger partial charge in [0.25, 0.3) is 0 Å². The Morgan fingerprint density at radius 1 is 1.35 bits per heavy atom. The Bertz CT molecular complexity index is 294. The number of urea groups is 1. The minimum atomic E-state index is -1.06. The van der Waals surface area contributed by atoms with Crippen molar-refractivity contribution in [2.75, 3.05) is 18.1 Å². The first-order chi connectivity index (χ1) is 7.88. The molecule has 100 valence electrons. The van der Waals surface area contributed by atoms with E-state index in [0.29, 0.717) is 11.5 Å². The van der Waals surface area contributed by atoms with Gasteiger partial charge < -0.3 is 15.7 Å². The van der Waals surface area contributed by atoms with E-state index in [0.717, 1.165) is 0 Å². The lowest BCUT2D eigenvalue weighted by Crippen LogP contribution is -2.49. The van der Waals surface area contributed by atoms with Gasteiger partial charge in [-0.25, -0.2) is 9.59 Å². The zero-order valence-electron chi connectivity index (χ0n) is 10.4. The number of amides is 2. The molecule has 0 aliphatic rings. The van der Waals surface area contributed by atoms with Crippen molar-refractivity contribution >= 4 is 22.8 Å². The van der Waals surface area contributed by atoms with Gasteiger partial charge in [-0.2, -0.15) is 0 Å². The van der Waals surface area contributed by atoms with Gasteiger partial charge in [-0.1, -0.05) is 20.8 Å². The van der Waals surface area contributed by atoms with Gasteiger partial charge in [-0.05, 0) is 5.92 Å². The van der Waals surface area contributed by atoms with E-state index < -0.39 is 28.8 Å². The lowest BCUT2D eigenvalue weighted by Gasteiger charge is -2.18. The third-order valence-electron chi connectivity index (χ3n) is 2.16. The minimum Gasteiger partial charge on any atom is -0.480 e. The Morgan fingerprint density at radius 3 is 2.35 bits per heavy atom. The van der Waals surface area contributed by atoms with E-state index in [1.807, 2.05) is 0 Å². The van der Waals surface area contributed by atoms with Crippen LogP contribution in [-0.2, 0) is 15.6 Å². The molecule has 0 radical (unpaired) electrons. The van der Waals surface area contributed by atoms with Gasteiger partial charge in [0, 0.05) is 28.9 Å². The highest BCUT2D eigenvalue weighted by atomic mass is 32.2. The van der Waals surface area contributed by atoms with Crippen LogP contribution in [0.15, 0.2) is 0 Å². The molecule has 0 aromatic heterocycles. The molecule has 0 spiro atoms. The van der Waals surface area contributed by atoms with Crippen molar-refractivity contribution in [1.82, 2.24) is 10.6 Å². The molecule has 7 heteroatoms. The summed E-state index contributed by atoms with van der Waals surface area (Å²) in [5.41, 5.74) is 0. The molecule has 2 amide bonds. The Kier molecular flexibility index (Phi) is 7.53. The van der Waals surface area contributed by atoms with Crippen LogP contribution in [0.5, 0.6) is 0 Å². The molecular formula is C10H20N2O4S. The number of carbonyl (C=O) groups is 2. The van der Waals surface area contributed by atoms with Gasteiger partial charge in [0.2, 0.25) is 0 Å². The number of carbonyl (C=O) groups excluding carboxylic acids is 1. The third-order valence-corrected chi connectivity index (χ3v) is 3.46. The number of rotatable bonds is 7.